The van der Waals surface area contributed by atoms with Crippen molar-refractivity contribution in [3.8, 4) is 6.07 Å². The van der Waals surface area contributed by atoms with Crippen LogP contribution in [0, 0.1) is 17.2 Å². The third-order valence-electron chi connectivity index (χ3n) is 3.81. The smallest absolute Gasteiger partial charge is 0.0733 e. The number of hydrogen-bond acceptors (Lipinski definition) is 3. The molecule has 2 rings (SSSR count). The number of nitrogens with zero attached hydrogens (tertiary/aromatic N) is 2. The third-order valence-corrected chi connectivity index (χ3v) is 3.81. The second-order valence-electron chi connectivity index (χ2n) is 5.24. The molecule has 3 nitrogen and oxygen atoms in total. The molecule has 0 amide bonds. The van der Waals surface area contributed by atoms with Gasteiger partial charge in [0.25, 0.3) is 0 Å². The normalized spacial score (nSPS) is 23.5. The maximum atomic E-state index is 9.18. The van der Waals surface area contributed by atoms with E-state index < -0.39 is 0 Å². The van der Waals surface area contributed by atoms with E-state index in [0.717, 1.165) is 32.3 Å². The van der Waals surface area contributed by atoms with Crippen LogP contribution in [0.4, 0.5) is 0 Å². The fraction of sp³-hybridized carbons (Fsp3) is 0.625. The van der Waals surface area contributed by atoms with Crippen LogP contribution in [0.1, 0.15) is 44.1 Å². The molecule has 1 heterocycles. The van der Waals surface area contributed by atoms with Gasteiger partial charge in [-0.05, 0) is 43.4 Å². The molecule has 2 unspecified atom stereocenters. The minimum absolute atomic E-state index is 0.100. The highest BCUT2D eigenvalue weighted by Crippen LogP contribution is 2.25. The standard InChI is InChI=1S/C16H22N2O/c17-13-15-6-2-1-3-7-16(15)19-12-4-5-14-8-10-18-11-9-14/h8-11,15-16H,1-7,12H2. The van der Waals surface area contributed by atoms with E-state index in [-0.39, 0.29) is 12.0 Å². The van der Waals surface area contributed by atoms with E-state index in [1.807, 2.05) is 24.5 Å². The number of hydrogen-bond donors (Lipinski definition) is 0. The first-order valence-electron chi connectivity index (χ1n) is 7.30. The van der Waals surface area contributed by atoms with E-state index in [1.54, 1.807) is 0 Å². The van der Waals surface area contributed by atoms with E-state index in [9.17, 15) is 5.26 Å². The van der Waals surface area contributed by atoms with Gasteiger partial charge in [0.05, 0.1) is 18.1 Å². The summed E-state index contributed by atoms with van der Waals surface area (Å²) in [5.41, 5.74) is 1.30. The monoisotopic (exact) mass is 258 g/mol. The van der Waals surface area contributed by atoms with Crippen molar-refractivity contribution < 1.29 is 4.74 Å². The molecule has 0 saturated heterocycles. The van der Waals surface area contributed by atoms with Gasteiger partial charge in [-0.25, -0.2) is 0 Å². The SMILES string of the molecule is N#CC1CCCCCC1OCCCc1ccncc1. The van der Waals surface area contributed by atoms with E-state index in [1.165, 1.54) is 24.8 Å². The Morgan fingerprint density at radius 1 is 1.21 bits per heavy atom. The number of nitriles is 1. The zero-order valence-corrected chi connectivity index (χ0v) is 11.4. The molecular weight excluding hydrogens is 236 g/mol. The summed E-state index contributed by atoms with van der Waals surface area (Å²) in [7, 11) is 0. The Kier molecular flexibility index (Phi) is 5.84. The van der Waals surface area contributed by atoms with Gasteiger partial charge in [0.1, 0.15) is 0 Å². The molecule has 1 aromatic rings. The van der Waals surface area contributed by atoms with Crippen molar-refractivity contribution in [3.05, 3.63) is 30.1 Å². The van der Waals surface area contributed by atoms with Crippen molar-refractivity contribution in [1.29, 1.82) is 5.26 Å². The van der Waals surface area contributed by atoms with Crippen molar-refractivity contribution in [2.75, 3.05) is 6.61 Å². The van der Waals surface area contributed by atoms with Crippen molar-refractivity contribution >= 4 is 0 Å². The third kappa shape index (κ3) is 4.65. The Bertz CT molecular complexity index is 399. The van der Waals surface area contributed by atoms with Crippen LogP contribution in [-0.2, 0) is 11.2 Å². The second kappa shape index (κ2) is 7.91. The molecule has 1 aromatic heterocycles. The molecule has 3 heteroatoms. The van der Waals surface area contributed by atoms with Crippen LogP contribution >= 0.6 is 0 Å². The lowest BCUT2D eigenvalue weighted by Gasteiger charge is -2.19. The van der Waals surface area contributed by atoms with Crippen molar-refractivity contribution in [2.24, 2.45) is 5.92 Å². The van der Waals surface area contributed by atoms with Gasteiger partial charge in [-0.2, -0.15) is 5.26 Å². The van der Waals surface area contributed by atoms with Gasteiger partial charge in [-0.3, -0.25) is 4.98 Å². The molecule has 2 atom stereocenters. The van der Waals surface area contributed by atoms with Gasteiger partial charge in [0.15, 0.2) is 0 Å². The van der Waals surface area contributed by atoms with Crippen LogP contribution in [0.5, 0.6) is 0 Å². The van der Waals surface area contributed by atoms with Crippen LogP contribution in [-0.4, -0.2) is 17.7 Å². The van der Waals surface area contributed by atoms with Crippen LogP contribution in [0.25, 0.3) is 0 Å². The van der Waals surface area contributed by atoms with Crippen LogP contribution in [0.15, 0.2) is 24.5 Å². The molecule has 1 fully saturated rings. The fourth-order valence-corrected chi connectivity index (χ4v) is 2.68. The van der Waals surface area contributed by atoms with E-state index >= 15 is 0 Å². The first-order chi connectivity index (χ1) is 9.40. The summed E-state index contributed by atoms with van der Waals surface area (Å²) in [6.07, 6.45) is 11.5. The lowest BCUT2D eigenvalue weighted by molar-refractivity contribution is 0.0221. The first kappa shape index (κ1) is 14.0. The van der Waals surface area contributed by atoms with E-state index in [0.29, 0.717) is 0 Å². The van der Waals surface area contributed by atoms with Crippen LogP contribution in [0.3, 0.4) is 0 Å². The predicted molar refractivity (Wildman–Crippen MR) is 74.5 cm³/mol. The molecule has 0 aliphatic heterocycles. The zero-order chi connectivity index (χ0) is 13.3. The van der Waals surface area contributed by atoms with Gasteiger partial charge in [-0.1, -0.05) is 19.3 Å². The number of aryl methyl sites for hydroxylation is 1. The average Bonchev–Trinajstić information content (AvgIpc) is 2.69. The molecule has 1 aliphatic carbocycles. The lowest BCUT2D eigenvalue weighted by Crippen LogP contribution is -2.22. The Labute approximate surface area is 115 Å². The molecular formula is C16H22N2O. The highest BCUT2D eigenvalue weighted by Gasteiger charge is 2.23. The highest BCUT2D eigenvalue weighted by atomic mass is 16.5. The summed E-state index contributed by atoms with van der Waals surface area (Å²) in [5.74, 6) is 0.100. The maximum Gasteiger partial charge on any atom is 0.0733 e. The van der Waals surface area contributed by atoms with Crippen LogP contribution < -0.4 is 0 Å². The molecule has 0 aromatic carbocycles. The topological polar surface area (TPSA) is 45.9 Å². The Balaban J connectivity index is 1.70. The van der Waals surface area contributed by atoms with Crippen molar-refractivity contribution in [2.45, 2.75) is 51.0 Å². The molecule has 19 heavy (non-hydrogen) atoms. The van der Waals surface area contributed by atoms with Gasteiger partial charge < -0.3 is 4.74 Å². The number of ether oxygens (including phenoxy) is 1. The van der Waals surface area contributed by atoms with Gasteiger partial charge in [0, 0.05) is 19.0 Å². The molecule has 1 aliphatic rings. The van der Waals surface area contributed by atoms with Gasteiger partial charge >= 0.3 is 0 Å². The quantitative estimate of drug-likeness (QED) is 0.600. The Morgan fingerprint density at radius 2 is 2.00 bits per heavy atom. The lowest BCUT2D eigenvalue weighted by atomic mass is 9.99. The Morgan fingerprint density at radius 3 is 2.79 bits per heavy atom. The Hall–Kier alpha value is -1.40. The minimum atomic E-state index is 0.100. The van der Waals surface area contributed by atoms with Gasteiger partial charge in [-0.15, -0.1) is 0 Å². The molecule has 1 saturated carbocycles. The molecule has 0 radical (unpaired) electrons. The summed E-state index contributed by atoms with van der Waals surface area (Å²) < 4.78 is 5.95. The average molecular weight is 258 g/mol. The summed E-state index contributed by atoms with van der Waals surface area (Å²) >= 11 is 0. The van der Waals surface area contributed by atoms with E-state index in [2.05, 4.69) is 11.1 Å². The van der Waals surface area contributed by atoms with Crippen LogP contribution in [0.2, 0.25) is 0 Å². The summed E-state index contributed by atoms with van der Waals surface area (Å²) in [4.78, 5) is 4.01. The molecule has 0 N–H and O–H groups in total. The largest absolute Gasteiger partial charge is 0.377 e. The predicted octanol–water partition coefficient (Wildman–Crippen LogP) is 3.50. The second-order valence-corrected chi connectivity index (χ2v) is 5.24. The molecule has 0 spiro atoms. The maximum absolute atomic E-state index is 9.18. The minimum Gasteiger partial charge on any atom is -0.377 e. The van der Waals surface area contributed by atoms with E-state index in [4.69, 9.17) is 4.74 Å². The first-order valence-corrected chi connectivity index (χ1v) is 7.30. The summed E-state index contributed by atoms with van der Waals surface area (Å²) in [5, 5.41) is 9.18. The molecule has 0 bridgehead atoms. The number of pyridine rings is 1. The molecule has 102 valence electrons. The number of rotatable bonds is 5. The summed E-state index contributed by atoms with van der Waals surface area (Å²) in [6, 6.07) is 6.51. The fourth-order valence-electron chi connectivity index (χ4n) is 2.68. The summed E-state index contributed by atoms with van der Waals surface area (Å²) in [6.45, 7) is 0.755. The highest BCUT2D eigenvalue weighted by molar-refractivity contribution is 5.09. The zero-order valence-electron chi connectivity index (χ0n) is 11.4. The number of aromatic nitrogens is 1. The van der Waals surface area contributed by atoms with Crippen molar-refractivity contribution in [1.82, 2.24) is 4.98 Å². The van der Waals surface area contributed by atoms with Crippen molar-refractivity contribution in [3.63, 3.8) is 0 Å². The van der Waals surface area contributed by atoms with Gasteiger partial charge in [0.2, 0.25) is 0 Å².